The predicted molar refractivity (Wildman–Crippen MR) is 183 cm³/mol. The van der Waals surface area contributed by atoms with Gasteiger partial charge < -0.3 is 4.42 Å². The Morgan fingerprint density at radius 3 is 1.49 bits per heavy atom. The number of hydrogen-bond acceptors (Lipinski definition) is 1. The largest absolute Gasteiger partial charge is 0.456 e. The summed E-state index contributed by atoms with van der Waals surface area (Å²) in [5, 5.41) is 9.77. The molecule has 9 aromatic rings. The lowest BCUT2D eigenvalue weighted by Gasteiger charge is -2.18. The van der Waals surface area contributed by atoms with E-state index in [0.29, 0.717) is 0 Å². The molecule has 0 fully saturated rings. The molecule has 0 saturated carbocycles. The normalized spacial score (nSPS) is 11.7. The first-order valence-electron chi connectivity index (χ1n) is 14.8. The highest BCUT2D eigenvalue weighted by molar-refractivity contribution is 6.23. The smallest absolute Gasteiger partial charge is 0.136 e. The fourth-order valence-electron chi connectivity index (χ4n) is 6.91. The number of benzene rings is 8. The molecule has 0 aliphatic rings. The van der Waals surface area contributed by atoms with Crippen molar-refractivity contribution in [1.29, 1.82) is 0 Å². The van der Waals surface area contributed by atoms with Crippen LogP contribution in [0.15, 0.2) is 162 Å². The molecule has 1 nitrogen and oxygen atoms in total. The fraction of sp³-hybridized carbons (Fsp3) is 0. The van der Waals surface area contributed by atoms with Crippen LogP contribution < -0.4 is 0 Å². The summed E-state index contributed by atoms with van der Waals surface area (Å²) in [7, 11) is 0. The molecule has 0 N–H and O–H groups in total. The second kappa shape index (κ2) is 9.44. The van der Waals surface area contributed by atoms with E-state index in [0.717, 1.165) is 22.1 Å². The Morgan fingerprint density at radius 2 is 0.814 bits per heavy atom. The van der Waals surface area contributed by atoms with E-state index in [1.807, 2.05) is 0 Å². The highest BCUT2D eigenvalue weighted by Crippen LogP contribution is 2.45. The minimum atomic E-state index is 0.914. The molecule has 0 atom stereocenters. The van der Waals surface area contributed by atoms with E-state index in [4.69, 9.17) is 4.42 Å². The summed E-state index contributed by atoms with van der Waals surface area (Å²) in [5.74, 6) is 0. The van der Waals surface area contributed by atoms with Gasteiger partial charge in [-0.15, -0.1) is 0 Å². The van der Waals surface area contributed by atoms with Crippen LogP contribution in [0.1, 0.15) is 0 Å². The van der Waals surface area contributed by atoms with Gasteiger partial charge in [0.25, 0.3) is 0 Å². The Labute approximate surface area is 249 Å². The third-order valence-corrected chi connectivity index (χ3v) is 8.86. The number of rotatable bonds is 3. The van der Waals surface area contributed by atoms with Gasteiger partial charge in [0.05, 0.1) is 0 Å². The van der Waals surface area contributed by atoms with Crippen LogP contribution in [-0.4, -0.2) is 0 Å². The lowest BCUT2D eigenvalue weighted by molar-refractivity contribution is 0.669. The van der Waals surface area contributed by atoms with Crippen molar-refractivity contribution in [3.63, 3.8) is 0 Å². The molecule has 0 aliphatic heterocycles. The van der Waals surface area contributed by atoms with Gasteiger partial charge in [0.15, 0.2) is 0 Å². The topological polar surface area (TPSA) is 13.1 Å². The summed E-state index contributed by atoms with van der Waals surface area (Å²) < 4.78 is 6.49. The summed E-state index contributed by atoms with van der Waals surface area (Å²) in [4.78, 5) is 0. The van der Waals surface area contributed by atoms with Crippen LogP contribution in [0.2, 0.25) is 0 Å². The lowest BCUT2D eigenvalue weighted by atomic mass is 9.85. The van der Waals surface area contributed by atoms with Crippen LogP contribution in [0.5, 0.6) is 0 Å². The standard InChI is InChI=1S/C42H26O/c1-2-10-27(11-3-1)28-18-20-30(21-19-28)40-33-14-6-8-16-35(33)41(36-17-9-7-15-34(36)40)31-22-24-37-39(26-31)43-38-25-23-29-12-4-5-13-32(29)42(37)38/h1-26H. The molecule has 0 saturated heterocycles. The van der Waals surface area contributed by atoms with Gasteiger partial charge in [-0.2, -0.15) is 0 Å². The van der Waals surface area contributed by atoms with Gasteiger partial charge >= 0.3 is 0 Å². The van der Waals surface area contributed by atoms with Crippen molar-refractivity contribution in [3.05, 3.63) is 158 Å². The molecule has 9 rings (SSSR count). The first kappa shape index (κ1) is 24.0. The van der Waals surface area contributed by atoms with Crippen molar-refractivity contribution in [1.82, 2.24) is 0 Å². The summed E-state index contributed by atoms with van der Waals surface area (Å²) in [6.45, 7) is 0. The maximum atomic E-state index is 6.49. The Balaban J connectivity index is 1.29. The SMILES string of the molecule is c1ccc(-c2ccc(-c3c4ccccc4c(-c4ccc5c(c4)oc4ccc6ccccc6c45)c4ccccc34)cc2)cc1. The molecule has 200 valence electrons. The molecule has 0 radical (unpaired) electrons. The summed E-state index contributed by atoms with van der Waals surface area (Å²) >= 11 is 0. The van der Waals surface area contributed by atoms with Crippen molar-refractivity contribution in [2.45, 2.75) is 0 Å². The lowest BCUT2D eigenvalue weighted by Crippen LogP contribution is -1.91. The molecule has 0 unspecified atom stereocenters. The van der Waals surface area contributed by atoms with Crippen molar-refractivity contribution in [2.24, 2.45) is 0 Å². The van der Waals surface area contributed by atoms with Gasteiger partial charge in [0.2, 0.25) is 0 Å². The van der Waals surface area contributed by atoms with Gasteiger partial charge in [0, 0.05) is 10.8 Å². The second-order valence-electron chi connectivity index (χ2n) is 11.3. The van der Waals surface area contributed by atoms with Crippen LogP contribution >= 0.6 is 0 Å². The van der Waals surface area contributed by atoms with E-state index < -0.39 is 0 Å². The van der Waals surface area contributed by atoms with E-state index >= 15 is 0 Å². The molecule has 0 bridgehead atoms. The second-order valence-corrected chi connectivity index (χ2v) is 11.3. The number of fused-ring (bicyclic) bond motifs is 7. The summed E-state index contributed by atoms with van der Waals surface area (Å²) in [5.41, 5.74) is 9.18. The van der Waals surface area contributed by atoms with Crippen LogP contribution in [0.25, 0.3) is 87.6 Å². The quantitative estimate of drug-likeness (QED) is 0.201. The zero-order chi connectivity index (χ0) is 28.3. The van der Waals surface area contributed by atoms with Crippen LogP contribution in [0.3, 0.4) is 0 Å². The highest BCUT2D eigenvalue weighted by Gasteiger charge is 2.18. The van der Waals surface area contributed by atoms with Crippen molar-refractivity contribution >= 4 is 54.3 Å². The first-order valence-corrected chi connectivity index (χ1v) is 14.8. The van der Waals surface area contributed by atoms with E-state index in [2.05, 4.69) is 158 Å². The van der Waals surface area contributed by atoms with E-state index in [1.54, 1.807) is 0 Å². The number of furan rings is 1. The maximum Gasteiger partial charge on any atom is 0.136 e. The van der Waals surface area contributed by atoms with Crippen molar-refractivity contribution < 1.29 is 4.42 Å². The molecule has 43 heavy (non-hydrogen) atoms. The Bertz CT molecular complexity index is 2420. The fourth-order valence-corrected chi connectivity index (χ4v) is 6.91. The summed E-state index contributed by atoms with van der Waals surface area (Å²) in [6.07, 6.45) is 0. The van der Waals surface area contributed by atoms with E-state index in [-0.39, 0.29) is 0 Å². The Kier molecular flexibility index (Phi) is 5.27. The molecular formula is C42H26O. The van der Waals surface area contributed by atoms with E-state index in [9.17, 15) is 0 Å². The minimum Gasteiger partial charge on any atom is -0.456 e. The minimum absolute atomic E-state index is 0.914. The van der Waals surface area contributed by atoms with E-state index in [1.165, 1.54) is 65.5 Å². The maximum absolute atomic E-state index is 6.49. The third-order valence-electron chi connectivity index (χ3n) is 8.86. The Hall–Kier alpha value is -5.66. The molecule has 1 aromatic heterocycles. The first-order chi connectivity index (χ1) is 21.3. The van der Waals surface area contributed by atoms with Crippen LogP contribution in [0.4, 0.5) is 0 Å². The van der Waals surface area contributed by atoms with Gasteiger partial charge in [0.1, 0.15) is 11.2 Å². The summed E-state index contributed by atoms with van der Waals surface area (Å²) in [6, 6.07) is 56.7. The molecule has 0 aliphatic carbocycles. The van der Waals surface area contributed by atoms with Crippen LogP contribution in [0, 0.1) is 0 Å². The Morgan fingerprint density at radius 1 is 0.302 bits per heavy atom. The monoisotopic (exact) mass is 546 g/mol. The van der Waals surface area contributed by atoms with Gasteiger partial charge in [-0.05, 0) is 83.9 Å². The molecule has 1 heterocycles. The van der Waals surface area contributed by atoms with Gasteiger partial charge in [-0.3, -0.25) is 0 Å². The number of hydrogen-bond donors (Lipinski definition) is 0. The predicted octanol–water partition coefficient (Wildman–Crippen LogP) is 12.0. The molecular weight excluding hydrogens is 520 g/mol. The average Bonchev–Trinajstić information content (AvgIpc) is 3.46. The zero-order valence-corrected chi connectivity index (χ0v) is 23.4. The molecule has 0 amide bonds. The van der Waals surface area contributed by atoms with Crippen molar-refractivity contribution in [2.75, 3.05) is 0 Å². The van der Waals surface area contributed by atoms with Gasteiger partial charge in [-0.1, -0.05) is 140 Å². The molecule has 1 heteroatoms. The van der Waals surface area contributed by atoms with Crippen LogP contribution in [-0.2, 0) is 0 Å². The van der Waals surface area contributed by atoms with Crippen molar-refractivity contribution in [3.8, 4) is 33.4 Å². The molecule has 0 spiro atoms. The van der Waals surface area contributed by atoms with Gasteiger partial charge in [-0.25, -0.2) is 0 Å². The highest BCUT2D eigenvalue weighted by atomic mass is 16.3. The third kappa shape index (κ3) is 3.72. The zero-order valence-electron chi connectivity index (χ0n) is 23.4. The average molecular weight is 547 g/mol. The molecule has 8 aromatic carbocycles.